The van der Waals surface area contributed by atoms with Gasteiger partial charge in [0.2, 0.25) is 5.88 Å². The summed E-state index contributed by atoms with van der Waals surface area (Å²) in [5, 5.41) is 21.1. The fourth-order valence-electron chi connectivity index (χ4n) is 3.35. The highest BCUT2D eigenvalue weighted by atomic mass is 35.5. The molecule has 0 saturated heterocycles. The number of para-hydroxylation sites is 1. The lowest BCUT2D eigenvalue weighted by molar-refractivity contribution is 0.354. The van der Waals surface area contributed by atoms with Crippen molar-refractivity contribution in [3.63, 3.8) is 0 Å². The van der Waals surface area contributed by atoms with Crippen molar-refractivity contribution in [3.8, 4) is 23.4 Å². The standard InChI is InChI=1S/C24H21Cl2N3O4/c1-14-16(12-27)23(30)29(10-9-15-7-8-20(32-2)21(11-15)33-3)24(31)17(14)13-28-22-18(25)5-4-6-19(22)26/h4-8,11,13,31H,9-10H2,1-3H3. The van der Waals surface area contributed by atoms with Crippen molar-refractivity contribution in [2.75, 3.05) is 14.2 Å². The van der Waals surface area contributed by atoms with Gasteiger partial charge in [-0.15, -0.1) is 0 Å². The van der Waals surface area contributed by atoms with Crippen LogP contribution in [-0.4, -0.2) is 30.1 Å². The number of pyridine rings is 1. The number of rotatable bonds is 7. The van der Waals surface area contributed by atoms with E-state index >= 15 is 0 Å². The van der Waals surface area contributed by atoms with Crippen LogP contribution >= 0.6 is 23.2 Å². The largest absolute Gasteiger partial charge is 0.494 e. The number of hydrogen-bond acceptors (Lipinski definition) is 6. The lowest BCUT2D eigenvalue weighted by Gasteiger charge is -2.15. The fourth-order valence-corrected chi connectivity index (χ4v) is 3.85. The normalized spacial score (nSPS) is 10.9. The minimum Gasteiger partial charge on any atom is -0.494 e. The molecule has 3 aromatic rings. The molecule has 0 spiro atoms. The van der Waals surface area contributed by atoms with E-state index in [1.807, 2.05) is 12.1 Å². The van der Waals surface area contributed by atoms with Crippen molar-refractivity contribution in [1.82, 2.24) is 4.57 Å². The van der Waals surface area contributed by atoms with Crippen molar-refractivity contribution in [2.45, 2.75) is 19.9 Å². The molecule has 1 N–H and O–H groups in total. The molecule has 0 saturated carbocycles. The first-order chi connectivity index (χ1) is 15.8. The molecule has 2 aromatic carbocycles. The Hall–Kier alpha value is -3.47. The van der Waals surface area contributed by atoms with E-state index in [9.17, 15) is 15.2 Å². The molecule has 7 nitrogen and oxygen atoms in total. The van der Waals surface area contributed by atoms with E-state index in [0.29, 0.717) is 39.2 Å². The molecule has 0 radical (unpaired) electrons. The first-order valence-electron chi connectivity index (χ1n) is 9.87. The summed E-state index contributed by atoms with van der Waals surface area (Å²) in [4.78, 5) is 17.2. The number of benzene rings is 2. The molecule has 1 aromatic heterocycles. The van der Waals surface area contributed by atoms with E-state index in [-0.39, 0.29) is 23.6 Å². The predicted octanol–water partition coefficient (Wildman–Crippen LogP) is 5.05. The van der Waals surface area contributed by atoms with Gasteiger partial charge in [0, 0.05) is 12.8 Å². The van der Waals surface area contributed by atoms with Crippen LogP contribution < -0.4 is 15.0 Å². The van der Waals surface area contributed by atoms with Crippen LogP contribution in [0.25, 0.3) is 0 Å². The quantitative estimate of drug-likeness (QED) is 0.472. The number of methoxy groups -OCH3 is 2. The second-order valence-electron chi connectivity index (χ2n) is 7.07. The summed E-state index contributed by atoms with van der Waals surface area (Å²) < 4.78 is 11.7. The molecule has 3 rings (SSSR count). The van der Waals surface area contributed by atoms with Gasteiger partial charge in [-0.25, -0.2) is 0 Å². The van der Waals surface area contributed by atoms with Gasteiger partial charge in [-0.05, 0) is 48.7 Å². The first kappa shape index (κ1) is 24.2. The molecular weight excluding hydrogens is 465 g/mol. The number of nitrogens with zero attached hydrogens (tertiary/aromatic N) is 3. The van der Waals surface area contributed by atoms with Crippen molar-refractivity contribution in [3.05, 3.63) is 79.1 Å². The summed E-state index contributed by atoms with van der Waals surface area (Å²) in [6.07, 6.45) is 1.75. The Balaban J connectivity index is 2.02. The van der Waals surface area contributed by atoms with E-state index < -0.39 is 5.56 Å². The topological polar surface area (TPSA) is 96.8 Å². The molecule has 0 aliphatic heterocycles. The fraction of sp³-hybridized carbons (Fsp3) is 0.208. The molecule has 0 bridgehead atoms. The van der Waals surface area contributed by atoms with Gasteiger partial charge in [0.05, 0.1) is 29.8 Å². The molecular formula is C24H21Cl2N3O4. The summed E-state index contributed by atoms with van der Waals surface area (Å²) in [6, 6.07) is 12.3. The molecule has 0 unspecified atom stereocenters. The second-order valence-corrected chi connectivity index (χ2v) is 7.89. The van der Waals surface area contributed by atoms with Gasteiger partial charge in [-0.1, -0.05) is 35.3 Å². The number of ether oxygens (including phenoxy) is 2. The zero-order chi connectivity index (χ0) is 24.1. The molecule has 170 valence electrons. The zero-order valence-electron chi connectivity index (χ0n) is 18.2. The Morgan fingerprint density at radius 2 is 1.82 bits per heavy atom. The van der Waals surface area contributed by atoms with Gasteiger partial charge >= 0.3 is 0 Å². The second kappa shape index (κ2) is 10.4. The number of hydrogen-bond donors (Lipinski definition) is 1. The number of halogens is 2. The van der Waals surface area contributed by atoms with Crippen LogP contribution in [0, 0.1) is 18.3 Å². The minimum absolute atomic E-state index is 0.0770. The lowest BCUT2D eigenvalue weighted by atomic mass is 10.1. The SMILES string of the molecule is COc1ccc(CCn2c(O)c(C=Nc3c(Cl)cccc3Cl)c(C)c(C#N)c2=O)cc1OC. The Morgan fingerprint density at radius 3 is 2.42 bits per heavy atom. The van der Waals surface area contributed by atoms with Gasteiger partial charge in [0.15, 0.2) is 11.5 Å². The average Bonchev–Trinajstić information content (AvgIpc) is 2.80. The molecule has 0 atom stereocenters. The molecule has 0 aliphatic carbocycles. The third-order valence-corrected chi connectivity index (χ3v) is 5.79. The number of aromatic nitrogens is 1. The highest BCUT2D eigenvalue weighted by Crippen LogP contribution is 2.33. The molecule has 9 heteroatoms. The van der Waals surface area contributed by atoms with Crippen LogP contribution in [0.3, 0.4) is 0 Å². The predicted molar refractivity (Wildman–Crippen MR) is 129 cm³/mol. The van der Waals surface area contributed by atoms with Crippen LogP contribution in [0.1, 0.15) is 22.3 Å². The summed E-state index contributed by atoms with van der Waals surface area (Å²) in [6.45, 7) is 1.71. The van der Waals surface area contributed by atoms with Crippen LogP contribution in [0.2, 0.25) is 10.0 Å². The summed E-state index contributed by atoms with van der Waals surface area (Å²) in [5.74, 6) is 0.835. The smallest absolute Gasteiger partial charge is 0.271 e. The average molecular weight is 486 g/mol. The van der Waals surface area contributed by atoms with Gasteiger partial charge in [0.25, 0.3) is 5.56 Å². The number of nitriles is 1. The van der Waals surface area contributed by atoms with Crippen LogP contribution in [0.4, 0.5) is 5.69 Å². The minimum atomic E-state index is -0.582. The number of aryl methyl sites for hydroxylation is 1. The highest BCUT2D eigenvalue weighted by Gasteiger charge is 2.18. The number of aromatic hydroxyl groups is 1. The van der Waals surface area contributed by atoms with Crippen molar-refractivity contribution in [1.29, 1.82) is 5.26 Å². The van der Waals surface area contributed by atoms with Crippen molar-refractivity contribution >= 4 is 35.1 Å². The molecule has 1 heterocycles. The summed E-state index contributed by atoms with van der Waals surface area (Å²) in [7, 11) is 3.08. The van der Waals surface area contributed by atoms with E-state index in [2.05, 4.69) is 4.99 Å². The zero-order valence-corrected chi connectivity index (χ0v) is 19.7. The third kappa shape index (κ3) is 4.98. The van der Waals surface area contributed by atoms with Crippen LogP contribution in [0.15, 0.2) is 46.2 Å². The summed E-state index contributed by atoms with van der Waals surface area (Å²) in [5.41, 5.74) is 1.06. The van der Waals surface area contributed by atoms with Gasteiger partial charge in [-0.3, -0.25) is 14.4 Å². The first-order valence-corrected chi connectivity index (χ1v) is 10.6. The van der Waals surface area contributed by atoms with E-state index in [0.717, 1.165) is 10.1 Å². The Kier molecular flexibility index (Phi) is 7.64. The van der Waals surface area contributed by atoms with Gasteiger partial charge < -0.3 is 14.6 Å². The maximum Gasteiger partial charge on any atom is 0.271 e. The molecule has 33 heavy (non-hydrogen) atoms. The number of aliphatic imine (C=N–C) groups is 1. The van der Waals surface area contributed by atoms with Crippen LogP contribution in [0.5, 0.6) is 17.4 Å². The van der Waals surface area contributed by atoms with E-state index in [4.69, 9.17) is 32.7 Å². The molecule has 0 aliphatic rings. The maximum atomic E-state index is 12.9. The lowest BCUT2D eigenvalue weighted by Crippen LogP contribution is -2.26. The summed E-state index contributed by atoms with van der Waals surface area (Å²) >= 11 is 12.3. The Labute approximate surface area is 201 Å². The molecule has 0 amide bonds. The molecule has 0 fully saturated rings. The van der Waals surface area contributed by atoms with E-state index in [1.54, 1.807) is 44.4 Å². The monoisotopic (exact) mass is 485 g/mol. The van der Waals surface area contributed by atoms with Crippen LogP contribution in [-0.2, 0) is 13.0 Å². The van der Waals surface area contributed by atoms with Crippen molar-refractivity contribution in [2.24, 2.45) is 4.99 Å². The highest BCUT2D eigenvalue weighted by molar-refractivity contribution is 6.38. The maximum absolute atomic E-state index is 12.9. The van der Waals surface area contributed by atoms with Gasteiger partial charge in [0.1, 0.15) is 17.3 Å². The Morgan fingerprint density at radius 1 is 1.15 bits per heavy atom. The third-order valence-electron chi connectivity index (χ3n) is 5.18. The van der Waals surface area contributed by atoms with Crippen molar-refractivity contribution < 1.29 is 14.6 Å². The van der Waals surface area contributed by atoms with E-state index in [1.165, 1.54) is 13.3 Å². The Bertz CT molecular complexity index is 1310. The van der Waals surface area contributed by atoms with Gasteiger partial charge in [-0.2, -0.15) is 5.26 Å².